The number of nitrogens with zero attached hydrogens (tertiary/aromatic N) is 1. The van der Waals surface area contributed by atoms with Crippen LogP contribution in [0.3, 0.4) is 0 Å². The molecule has 0 aliphatic heterocycles. The van der Waals surface area contributed by atoms with Gasteiger partial charge in [-0.25, -0.2) is 4.39 Å². The summed E-state index contributed by atoms with van der Waals surface area (Å²) in [5, 5.41) is 7.20. The van der Waals surface area contributed by atoms with E-state index in [0.717, 1.165) is 5.69 Å². The van der Waals surface area contributed by atoms with E-state index in [-0.39, 0.29) is 11.6 Å². The molecular weight excluding hydrogens is 363 g/mol. The molecule has 21 heavy (non-hydrogen) atoms. The number of aromatic nitrogens is 1. The third kappa shape index (κ3) is 4.69. The zero-order valence-corrected chi connectivity index (χ0v) is 14.0. The molecule has 0 fully saturated rings. The molecule has 0 aliphatic rings. The predicted molar refractivity (Wildman–Crippen MR) is 81.9 cm³/mol. The molecule has 0 bridgehead atoms. The summed E-state index contributed by atoms with van der Waals surface area (Å²) in [6.07, 6.45) is 0. The van der Waals surface area contributed by atoms with Crippen molar-refractivity contribution in [2.24, 2.45) is 0 Å². The van der Waals surface area contributed by atoms with Crippen LogP contribution in [-0.4, -0.2) is 11.2 Å². The summed E-state index contributed by atoms with van der Waals surface area (Å²) in [7, 11) is 0. The van der Waals surface area contributed by atoms with Crippen molar-refractivity contribution in [3.05, 3.63) is 45.0 Å². The van der Waals surface area contributed by atoms with Gasteiger partial charge in [-0.3, -0.25) is 0 Å². The Morgan fingerprint density at radius 2 is 2.19 bits per heavy atom. The van der Waals surface area contributed by atoms with Gasteiger partial charge in [0.2, 0.25) is 0 Å². The van der Waals surface area contributed by atoms with Crippen molar-refractivity contribution >= 4 is 27.5 Å². The van der Waals surface area contributed by atoms with E-state index in [1.807, 2.05) is 0 Å². The lowest BCUT2D eigenvalue weighted by molar-refractivity contribution is 0.246. The van der Waals surface area contributed by atoms with Crippen LogP contribution in [0.25, 0.3) is 0 Å². The van der Waals surface area contributed by atoms with Crippen LogP contribution in [0.5, 0.6) is 5.75 Å². The van der Waals surface area contributed by atoms with Crippen molar-refractivity contribution in [3.63, 3.8) is 0 Å². The van der Waals surface area contributed by atoms with Crippen LogP contribution in [0.4, 0.5) is 4.39 Å². The molecule has 4 nitrogen and oxygen atoms in total. The van der Waals surface area contributed by atoms with E-state index < -0.39 is 5.82 Å². The zero-order chi connectivity index (χ0) is 15.4. The normalized spacial score (nSPS) is 11.1. The molecule has 1 aromatic heterocycles. The van der Waals surface area contributed by atoms with Crippen LogP contribution in [0.15, 0.2) is 27.2 Å². The fourth-order valence-electron chi connectivity index (χ4n) is 1.58. The second-order valence-corrected chi connectivity index (χ2v) is 6.07. The van der Waals surface area contributed by atoms with Gasteiger partial charge in [0.05, 0.1) is 15.2 Å². The van der Waals surface area contributed by atoms with E-state index >= 15 is 0 Å². The van der Waals surface area contributed by atoms with Crippen molar-refractivity contribution in [2.45, 2.75) is 33.0 Å². The average molecular weight is 378 g/mol. The Labute approximate surface area is 135 Å². The quantitative estimate of drug-likeness (QED) is 0.762. The van der Waals surface area contributed by atoms with E-state index in [0.29, 0.717) is 28.6 Å². The van der Waals surface area contributed by atoms with Crippen LogP contribution >= 0.6 is 27.5 Å². The van der Waals surface area contributed by atoms with Crippen molar-refractivity contribution in [1.29, 1.82) is 0 Å². The Bertz CT molecular complexity index is 619. The minimum absolute atomic E-state index is 0.0379. The molecule has 7 heteroatoms. The molecule has 1 heterocycles. The molecule has 0 spiro atoms. The Morgan fingerprint density at radius 3 is 2.90 bits per heavy atom. The minimum Gasteiger partial charge on any atom is -0.484 e. The van der Waals surface area contributed by atoms with Crippen LogP contribution in [-0.2, 0) is 13.2 Å². The first-order valence-corrected chi connectivity index (χ1v) is 7.58. The molecule has 0 saturated carbocycles. The highest BCUT2D eigenvalue weighted by atomic mass is 79.9. The monoisotopic (exact) mass is 376 g/mol. The van der Waals surface area contributed by atoms with Crippen LogP contribution in [0, 0.1) is 5.82 Å². The van der Waals surface area contributed by atoms with E-state index in [1.165, 1.54) is 12.1 Å². The summed E-state index contributed by atoms with van der Waals surface area (Å²) in [4.78, 5) is 0. The maximum atomic E-state index is 13.4. The molecule has 2 aromatic rings. The molecule has 0 unspecified atom stereocenters. The lowest BCUT2D eigenvalue weighted by Gasteiger charge is -2.07. The Balaban J connectivity index is 1.96. The van der Waals surface area contributed by atoms with Crippen molar-refractivity contribution < 1.29 is 13.7 Å². The fraction of sp³-hybridized carbons (Fsp3) is 0.357. The molecule has 2 rings (SSSR count). The number of hydrogen-bond acceptors (Lipinski definition) is 4. The third-order valence-electron chi connectivity index (χ3n) is 2.64. The first kappa shape index (κ1) is 16.3. The summed E-state index contributed by atoms with van der Waals surface area (Å²) in [5.74, 6) is 0.391. The molecule has 0 amide bonds. The van der Waals surface area contributed by atoms with Gasteiger partial charge in [0.15, 0.2) is 5.76 Å². The Kier molecular flexibility index (Phi) is 5.61. The molecular formula is C14H15BrClFN2O2. The average Bonchev–Trinajstić information content (AvgIpc) is 2.87. The van der Waals surface area contributed by atoms with Crippen molar-refractivity contribution in [2.75, 3.05) is 0 Å². The summed E-state index contributed by atoms with van der Waals surface area (Å²) < 4.78 is 24.6. The van der Waals surface area contributed by atoms with Gasteiger partial charge in [-0.1, -0.05) is 30.6 Å². The van der Waals surface area contributed by atoms with E-state index in [1.54, 1.807) is 6.07 Å². The fourth-order valence-corrected chi connectivity index (χ4v) is 2.33. The summed E-state index contributed by atoms with van der Waals surface area (Å²) in [6, 6.07) is 4.85. The van der Waals surface area contributed by atoms with Gasteiger partial charge in [0.25, 0.3) is 0 Å². The van der Waals surface area contributed by atoms with E-state index in [2.05, 4.69) is 40.3 Å². The second kappa shape index (κ2) is 7.24. The smallest absolute Gasteiger partial charge is 0.174 e. The zero-order valence-electron chi connectivity index (χ0n) is 11.6. The first-order chi connectivity index (χ1) is 9.95. The minimum atomic E-state index is -0.533. The number of halogens is 3. The highest BCUT2D eigenvalue weighted by Gasteiger charge is 2.10. The van der Waals surface area contributed by atoms with E-state index in [9.17, 15) is 4.39 Å². The van der Waals surface area contributed by atoms with Gasteiger partial charge in [0.1, 0.15) is 18.2 Å². The highest BCUT2D eigenvalue weighted by Crippen LogP contribution is 2.31. The lowest BCUT2D eigenvalue weighted by atomic mass is 10.3. The number of hydrogen-bond donors (Lipinski definition) is 1. The predicted octanol–water partition coefficient (Wildman–Crippen LogP) is 4.31. The number of benzene rings is 1. The summed E-state index contributed by atoms with van der Waals surface area (Å²) in [5.41, 5.74) is 0.795. The maximum Gasteiger partial charge on any atom is 0.174 e. The van der Waals surface area contributed by atoms with Crippen molar-refractivity contribution in [1.82, 2.24) is 10.5 Å². The second-order valence-electron chi connectivity index (χ2n) is 4.81. The molecule has 0 aliphatic carbocycles. The molecule has 0 saturated heterocycles. The van der Waals surface area contributed by atoms with E-state index in [4.69, 9.17) is 20.9 Å². The maximum absolute atomic E-state index is 13.4. The van der Waals surface area contributed by atoms with Gasteiger partial charge < -0.3 is 14.6 Å². The van der Waals surface area contributed by atoms with Crippen molar-refractivity contribution in [3.8, 4) is 5.75 Å². The first-order valence-electron chi connectivity index (χ1n) is 6.41. The topological polar surface area (TPSA) is 47.3 Å². The van der Waals surface area contributed by atoms with Gasteiger partial charge in [-0.2, -0.15) is 0 Å². The van der Waals surface area contributed by atoms with Crippen LogP contribution < -0.4 is 10.1 Å². The number of nitrogens with one attached hydrogen (secondary N) is 1. The summed E-state index contributed by atoms with van der Waals surface area (Å²) in [6.45, 7) is 4.89. The molecule has 114 valence electrons. The number of ether oxygens (including phenoxy) is 1. The number of rotatable bonds is 6. The highest BCUT2D eigenvalue weighted by molar-refractivity contribution is 9.10. The molecule has 0 atom stereocenters. The summed E-state index contributed by atoms with van der Waals surface area (Å²) >= 11 is 8.94. The molecule has 0 radical (unpaired) electrons. The Morgan fingerprint density at radius 1 is 1.43 bits per heavy atom. The van der Waals surface area contributed by atoms with Gasteiger partial charge in [-0.15, -0.1) is 0 Å². The lowest BCUT2D eigenvalue weighted by Crippen LogP contribution is -2.21. The van der Waals surface area contributed by atoms with Gasteiger partial charge in [-0.05, 0) is 22.0 Å². The third-order valence-corrected chi connectivity index (χ3v) is 3.55. The van der Waals surface area contributed by atoms with Gasteiger partial charge in [0, 0.05) is 24.7 Å². The SMILES string of the molecule is CC(C)NCc1cc(COc2cc(F)c(Cl)cc2Br)on1. The largest absolute Gasteiger partial charge is 0.484 e. The molecule has 1 aromatic carbocycles. The van der Waals surface area contributed by atoms with Gasteiger partial charge >= 0.3 is 0 Å². The molecule has 1 N–H and O–H groups in total. The Hall–Kier alpha value is -1.11. The van der Waals surface area contributed by atoms with Crippen LogP contribution in [0.2, 0.25) is 5.02 Å². The van der Waals surface area contributed by atoms with Crippen LogP contribution in [0.1, 0.15) is 25.3 Å². The standard InChI is InChI=1S/C14H15BrClFN2O2/c1-8(2)18-6-9-3-10(21-19-9)7-20-14-5-13(17)12(16)4-11(14)15/h3-5,8,18H,6-7H2,1-2H3.